The highest BCUT2D eigenvalue weighted by molar-refractivity contribution is 6.35. The van der Waals surface area contributed by atoms with Crippen LogP contribution in [0.15, 0.2) is 42.5 Å². The zero-order chi connectivity index (χ0) is 14.8. The molecule has 0 amide bonds. The number of nitrogens with zero attached hydrogens (tertiary/aromatic N) is 4. The van der Waals surface area contributed by atoms with Gasteiger partial charge in [-0.3, -0.25) is 0 Å². The second-order valence-electron chi connectivity index (χ2n) is 4.86. The van der Waals surface area contributed by atoms with Crippen LogP contribution in [0.3, 0.4) is 0 Å². The Hall–Kier alpha value is -2.40. The number of nitrogen functional groups attached to an aromatic ring is 1. The van der Waals surface area contributed by atoms with E-state index in [2.05, 4.69) is 34.6 Å². The first-order valence-electron chi connectivity index (χ1n) is 6.51. The molecule has 0 saturated heterocycles. The Labute approximate surface area is 127 Å². The van der Waals surface area contributed by atoms with Crippen molar-refractivity contribution >= 4 is 17.3 Å². The standard InChI is InChI=1S/C15H14ClN5/c1-10-4-2-5-11(8-10)9-21-15(18-19-20-21)12-6-3-7-13(17)14(12)16/h2-8H,9,17H2,1H3. The maximum Gasteiger partial charge on any atom is 0.183 e. The number of nitrogens with two attached hydrogens (primary N) is 1. The molecule has 0 bridgehead atoms. The van der Waals surface area contributed by atoms with E-state index >= 15 is 0 Å². The fourth-order valence-electron chi connectivity index (χ4n) is 2.21. The van der Waals surface area contributed by atoms with E-state index in [4.69, 9.17) is 17.3 Å². The lowest BCUT2D eigenvalue weighted by Crippen LogP contribution is -2.05. The molecular formula is C15H14ClN5. The summed E-state index contributed by atoms with van der Waals surface area (Å²) in [6.07, 6.45) is 0. The Balaban J connectivity index is 2.00. The van der Waals surface area contributed by atoms with Crippen molar-refractivity contribution in [3.05, 3.63) is 58.6 Å². The summed E-state index contributed by atoms with van der Waals surface area (Å²) < 4.78 is 1.72. The van der Waals surface area contributed by atoms with E-state index in [0.29, 0.717) is 23.1 Å². The molecule has 0 radical (unpaired) electrons. The molecule has 0 aliphatic heterocycles. The first-order chi connectivity index (χ1) is 10.1. The molecule has 0 atom stereocenters. The number of benzene rings is 2. The minimum absolute atomic E-state index is 0.470. The maximum absolute atomic E-state index is 6.25. The summed E-state index contributed by atoms with van der Waals surface area (Å²) in [5.41, 5.74) is 9.41. The molecule has 0 aliphatic rings. The molecule has 3 aromatic rings. The molecule has 106 valence electrons. The fourth-order valence-corrected chi connectivity index (χ4v) is 2.42. The largest absolute Gasteiger partial charge is 0.398 e. The van der Waals surface area contributed by atoms with Gasteiger partial charge in [-0.25, -0.2) is 4.68 Å². The Morgan fingerprint density at radius 3 is 2.81 bits per heavy atom. The zero-order valence-corrected chi connectivity index (χ0v) is 12.2. The molecular weight excluding hydrogens is 286 g/mol. The van der Waals surface area contributed by atoms with E-state index in [0.717, 1.165) is 11.1 Å². The van der Waals surface area contributed by atoms with Gasteiger partial charge in [-0.2, -0.15) is 0 Å². The Morgan fingerprint density at radius 1 is 1.19 bits per heavy atom. The fraction of sp³-hybridized carbons (Fsp3) is 0.133. The van der Waals surface area contributed by atoms with Crippen molar-refractivity contribution < 1.29 is 0 Å². The summed E-state index contributed by atoms with van der Waals surface area (Å²) in [4.78, 5) is 0. The summed E-state index contributed by atoms with van der Waals surface area (Å²) in [6.45, 7) is 2.63. The molecule has 0 aliphatic carbocycles. The van der Waals surface area contributed by atoms with E-state index in [1.54, 1.807) is 10.7 Å². The van der Waals surface area contributed by atoms with E-state index < -0.39 is 0 Å². The van der Waals surface area contributed by atoms with Gasteiger partial charge in [-0.05, 0) is 35.0 Å². The van der Waals surface area contributed by atoms with Crippen molar-refractivity contribution in [3.8, 4) is 11.4 Å². The van der Waals surface area contributed by atoms with Crippen LogP contribution in [0, 0.1) is 6.92 Å². The van der Waals surface area contributed by atoms with Crippen molar-refractivity contribution in [1.82, 2.24) is 20.2 Å². The third-order valence-corrected chi connectivity index (χ3v) is 3.64. The number of anilines is 1. The van der Waals surface area contributed by atoms with Gasteiger partial charge in [0.05, 0.1) is 17.3 Å². The van der Waals surface area contributed by atoms with Crippen LogP contribution in [0.2, 0.25) is 5.02 Å². The lowest BCUT2D eigenvalue weighted by Gasteiger charge is -2.08. The van der Waals surface area contributed by atoms with Gasteiger partial charge in [0.15, 0.2) is 5.82 Å². The molecule has 21 heavy (non-hydrogen) atoms. The van der Waals surface area contributed by atoms with Crippen LogP contribution in [0.4, 0.5) is 5.69 Å². The molecule has 6 heteroatoms. The van der Waals surface area contributed by atoms with Crippen LogP contribution in [-0.2, 0) is 6.54 Å². The monoisotopic (exact) mass is 299 g/mol. The Bertz CT molecular complexity index is 781. The topological polar surface area (TPSA) is 69.6 Å². The lowest BCUT2D eigenvalue weighted by molar-refractivity contribution is 0.653. The molecule has 0 unspecified atom stereocenters. The van der Waals surface area contributed by atoms with Gasteiger partial charge in [0.2, 0.25) is 0 Å². The first kappa shape index (κ1) is 13.6. The molecule has 0 saturated carbocycles. The number of aryl methyl sites for hydroxylation is 1. The van der Waals surface area contributed by atoms with Gasteiger partial charge in [-0.1, -0.05) is 47.5 Å². The van der Waals surface area contributed by atoms with Crippen LogP contribution < -0.4 is 5.73 Å². The highest BCUT2D eigenvalue weighted by atomic mass is 35.5. The molecule has 0 spiro atoms. The van der Waals surface area contributed by atoms with Gasteiger partial charge in [0.25, 0.3) is 0 Å². The van der Waals surface area contributed by atoms with Gasteiger partial charge in [-0.15, -0.1) is 5.10 Å². The van der Waals surface area contributed by atoms with Crippen LogP contribution in [-0.4, -0.2) is 20.2 Å². The normalized spacial score (nSPS) is 10.8. The maximum atomic E-state index is 6.25. The summed E-state index contributed by atoms with van der Waals surface area (Å²) in [5.74, 6) is 0.605. The molecule has 0 fully saturated rings. The Morgan fingerprint density at radius 2 is 2.00 bits per heavy atom. The highest BCUT2D eigenvalue weighted by Gasteiger charge is 2.14. The van der Waals surface area contributed by atoms with E-state index in [1.165, 1.54) is 5.56 Å². The van der Waals surface area contributed by atoms with Gasteiger partial charge in [0, 0.05) is 5.56 Å². The van der Waals surface area contributed by atoms with E-state index in [-0.39, 0.29) is 0 Å². The number of halogens is 1. The molecule has 1 heterocycles. The summed E-state index contributed by atoms with van der Waals surface area (Å²) in [7, 11) is 0. The summed E-state index contributed by atoms with van der Waals surface area (Å²) in [6, 6.07) is 13.7. The van der Waals surface area contributed by atoms with Crippen LogP contribution in [0.25, 0.3) is 11.4 Å². The van der Waals surface area contributed by atoms with Gasteiger partial charge < -0.3 is 5.73 Å². The average Bonchev–Trinajstić information content (AvgIpc) is 2.90. The van der Waals surface area contributed by atoms with Crippen molar-refractivity contribution in [2.75, 3.05) is 5.73 Å². The third kappa shape index (κ3) is 2.73. The lowest BCUT2D eigenvalue weighted by atomic mass is 10.1. The smallest absolute Gasteiger partial charge is 0.183 e. The number of rotatable bonds is 3. The minimum Gasteiger partial charge on any atom is -0.398 e. The Kier molecular flexibility index (Phi) is 3.58. The SMILES string of the molecule is Cc1cccc(Cn2nnnc2-c2cccc(N)c2Cl)c1. The van der Waals surface area contributed by atoms with Crippen LogP contribution >= 0.6 is 11.6 Å². The van der Waals surface area contributed by atoms with Gasteiger partial charge >= 0.3 is 0 Å². The summed E-state index contributed by atoms with van der Waals surface area (Å²) >= 11 is 6.25. The van der Waals surface area contributed by atoms with Crippen LogP contribution in [0.1, 0.15) is 11.1 Å². The molecule has 1 aromatic heterocycles. The second kappa shape index (κ2) is 5.54. The average molecular weight is 300 g/mol. The molecule has 3 rings (SSSR count). The highest BCUT2D eigenvalue weighted by Crippen LogP contribution is 2.30. The van der Waals surface area contributed by atoms with E-state index in [9.17, 15) is 0 Å². The van der Waals surface area contributed by atoms with Crippen molar-refractivity contribution in [1.29, 1.82) is 0 Å². The number of hydrogen-bond donors (Lipinski definition) is 1. The van der Waals surface area contributed by atoms with Crippen molar-refractivity contribution in [2.45, 2.75) is 13.5 Å². The molecule has 2 N–H and O–H groups in total. The third-order valence-electron chi connectivity index (χ3n) is 3.22. The van der Waals surface area contributed by atoms with Crippen molar-refractivity contribution in [2.24, 2.45) is 0 Å². The van der Waals surface area contributed by atoms with Crippen LogP contribution in [0.5, 0.6) is 0 Å². The van der Waals surface area contributed by atoms with E-state index in [1.807, 2.05) is 24.3 Å². The van der Waals surface area contributed by atoms with Gasteiger partial charge in [0.1, 0.15) is 0 Å². The number of hydrogen-bond acceptors (Lipinski definition) is 4. The minimum atomic E-state index is 0.470. The molecule has 5 nitrogen and oxygen atoms in total. The number of aromatic nitrogens is 4. The zero-order valence-electron chi connectivity index (χ0n) is 11.5. The second-order valence-corrected chi connectivity index (χ2v) is 5.24. The first-order valence-corrected chi connectivity index (χ1v) is 6.89. The van der Waals surface area contributed by atoms with Crippen molar-refractivity contribution in [3.63, 3.8) is 0 Å². The number of tetrazole rings is 1. The predicted molar refractivity (Wildman–Crippen MR) is 83.0 cm³/mol. The summed E-state index contributed by atoms with van der Waals surface area (Å²) in [5, 5.41) is 12.3. The molecule has 2 aromatic carbocycles. The quantitative estimate of drug-likeness (QED) is 0.755. The predicted octanol–water partition coefficient (Wildman–Crippen LogP) is 2.93.